The SMILES string of the molecule is CNNC1CCCc2ccc(-c3cnc(-c4cccnc4)s3)nc21. The maximum atomic E-state index is 4.94. The molecule has 1 aliphatic rings. The van der Waals surface area contributed by atoms with Crippen LogP contribution in [-0.2, 0) is 6.42 Å². The molecule has 0 radical (unpaired) electrons. The van der Waals surface area contributed by atoms with Crippen molar-refractivity contribution in [1.82, 2.24) is 25.8 Å². The number of hydrogen-bond donors (Lipinski definition) is 2. The van der Waals surface area contributed by atoms with E-state index in [1.165, 1.54) is 12.0 Å². The van der Waals surface area contributed by atoms with Gasteiger partial charge in [-0.3, -0.25) is 10.4 Å². The molecule has 1 unspecified atom stereocenters. The van der Waals surface area contributed by atoms with Gasteiger partial charge in [0.1, 0.15) is 5.01 Å². The molecule has 0 aromatic carbocycles. The van der Waals surface area contributed by atoms with Crippen LogP contribution in [0.1, 0.15) is 30.1 Å². The highest BCUT2D eigenvalue weighted by Crippen LogP contribution is 2.34. The van der Waals surface area contributed by atoms with Gasteiger partial charge in [-0.05, 0) is 50.1 Å². The Hall–Kier alpha value is -2.15. The third kappa shape index (κ3) is 2.96. The van der Waals surface area contributed by atoms with Crippen LogP contribution in [0, 0.1) is 0 Å². The lowest BCUT2D eigenvalue weighted by atomic mass is 9.92. The van der Waals surface area contributed by atoms with Crippen LogP contribution >= 0.6 is 11.3 Å². The summed E-state index contributed by atoms with van der Waals surface area (Å²) >= 11 is 1.65. The molecule has 6 heteroatoms. The molecule has 0 spiro atoms. The molecule has 3 aromatic rings. The van der Waals surface area contributed by atoms with E-state index >= 15 is 0 Å². The summed E-state index contributed by atoms with van der Waals surface area (Å²) in [7, 11) is 1.90. The standard InChI is InChI=1S/C18H19N5S/c1-19-23-15-6-2-4-12-7-8-14(22-17(12)15)16-11-21-18(24-16)13-5-3-9-20-10-13/h3,5,7-11,15,19,23H,2,4,6H2,1H3. The van der Waals surface area contributed by atoms with Crippen LogP contribution in [-0.4, -0.2) is 22.0 Å². The molecular weight excluding hydrogens is 318 g/mol. The first-order valence-electron chi connectivity index (χ1n) is 8.14. The molecule has 3 aromatic heterocycles. The monoisotopic (exact) mass is 337 g/mol. The molecule has 5 nitrogen and oxygen atoms in total. The van der Waals surface area contributed by atoms with Gasteiger partial charge in [0.2, 0.25) is 0 Å². The van der Waals surface area contributed by atoms with E-state index < -0.39 is 0 Å². The fourth-order valence-electron chi connectivity index (χ4n) is 3.12. The number of rotatable bonds is 4. The van der Waals surface area contributed by atoms with Crippen LogP contribution in [0.25, 0.3) is 21.1 Å². The van der Waals surface area contributed by atoms with Crippen molar-refractivity contribution in [3.8, 4) is 21.1 Å². The first-order chi connectivity index (χ1) is 11.8. The van der Waals surface area contributed by atoms with E-state index in [0.29, 0.717) is 0 Å². The normalized spacial score (nSPS) is 16.8. The first kappa shape index (κ1) is 15.4. The first-order valence-corrected chi connectivity index (χ1v) is 8.95. The molecular formula is C18H19N5S. The molecule has 1 aliphatic carbocycles. The lowest BCUT2D eigenvalue weighted by molar-refractivity contribution is 0.410. The Morgan fingerprint density at radius 1 is 1.21 bits per heavy atom. The predicted octanol–water partition coefficient (Wildman–Crippen LogP) is 3.37. The Morgan fingerprint density at radius 3 is 3.00 bits per heavy atom. The maximum Gasteiger partial charge on any atom is 0.125 e. The summed E-state index contributed by atoms with van der Waals surface area (Å²) in [4.78, 5) is 14.7. The zero-order valence-electron chi connectivity index (χ0n) is 13.5. The van der Waals surface area contributed by atoms with Crippen LogP contribution in [0.5, 0.6) is 0 Å². The molecule has 0 amide bonds. The van der Waals surface area contributed by atoms with E-state index in [1.54, 1.807) is 17.5 Å². The van der Waals surface area contributed by atoms with Crippen molar-refractivity contribution in [2.45, 2.75) is 25.3 Å². The van der Waals surface area contributed by atoms with Gasteiger partial charge in [-0.1, -0.05) is 6.07 Å². The van der Waals surface area contributed by atoms with Gasteiger partial charge < -0.3 is 0 Å². The van der Waals surface area contributed by atoms with Crippen molar-refractivity contribution in [3.63, 3.8) is 0 Å². The average molecular weight is 337 g/mol. The highest BCUT2D eigenvalue weighted by molar-refractivity contribution is 7.18. The van der Waals surface area contributed by atoms with E-state index in [4.69, 9.17) is 4.98 Å². The number of thiazole rings is 1. The summed E-state index contributed by atoms with van der Waals surface area (Å²) in [5.41, 5.74) is 10.9. The molecule has 0 bridgehead atoms. The number of hydrazine groups is 1. The smallest absolute Gasteiger partial charge is 0.125 e. The summed E-state index contributed by atoms with van der Waals surface area (Å²) < 4.78 is 0. The highest BCUT2D eigenvalue weighted by Gasteiger charge is 2.22. The fraction of sp³-hybridized carbons (Fsp3) is 0.278. The molecule has 1 atom stereocenters. The van der Waals surface area contributed by atoms with Crippen molar-refractivity contribution in [1.29, 1.82) is 0 Å². The lowest BCUT2D eigenvalue weighted by Gasteiger charge is -2.25. The lowest BCUT2D eigenvalue weighted by Crippen LogP contribution is -2.34. The van der Waals surface area contributed by atoms with E-state index in [9.17, 15) is 0 Å². The van der Waals surface area contributed by atoms with Crippen LogP contribution in [0.15, 0.2) is 42.9 Å². The van der Waals surface area contributed by atoms with Gasteiger partial charge in [0.05, 0.1) is 22.3 Å². The Bertz CT molecular complexity index is 830. The Morgan fingerprint density at radius 2 is 2.17 bits per heavy atom. The number of fused-ring (bicyclic) bond motifs is 1. The Balaban J connectivity index is 1.68. The summed E-state index contributed by atoms with van der Waals surface area (Å²) in [5.74, 6) is 0. The van der Waals surface area contributed by atoms with Crippen molar-refractivity contribution in [2.24, 2.45) is 0 Å². The highest BCUT2D eigenvalue weighted by atomic mass is 32.1. The molecule has 0 fully saturated rings. The minimum Gasteiger partial charge on any atom is -0.264 e. The van der Waals surface area contributed by atoms with Crippen LogP contribution in [0.4, 0.5) is 0 Å². The van der Waals surface area contributed by atoms with Crippen molar-refractivity contribution in [3.05, 3.63) is 54.1 Å². The molecule has 0 aliphatic heterocycles. The number of nitrogens with one attached hydrogen (secondary N) is 2. The number of hydrogen-bond acceptors (Lipinski definition) is 6. The van der Waals surface area contributed by atoms with Gasteiger partial charge >= 0.3 is 0 Å². The Labute approximate surface area is 145 Å². The van der Waals surface area contributed by atoms with Gasteiger partial charge in [-0.2, -0.15) is 0 Å². The van der Waals surface area contributed by atoms with Crippen LogP contribution in [0.2, 0.25) is 0 Å². The number of aryl methyl sites for hydroxylation is 1. The second-order valence-corrected chi connectivity index (χ2v) is 6.88. The molecule has 0 saturated heterocycles. The minimum absolute atomic E-state index is 0.268. The number of aromatic nitrogens is 3. The van der Waals surface area contributed by atoms with Gasteiger partial charge in [-0.15, -0.1) is 11.3 Å². The quantitative estimate of drug-likeness (QED) is 0.715. The molecule has 2 N–H and O–H groups in total. The van der Waals surface area contributed by atoms with Gasteiger partial charge in [0.15, 0.2) is 0 Å². The van der Waals surface area contributed by atoms with Crippen LogP contribution in [0.3, 0.4) is 0 Å². The molecule has 24 heavy (non-hydrogen) atoms. The third-order valence-corrected chi connectivity index (χ3v) is 5.34. The van der Waals surface area contributed by atoms with Crippen molar-refractivity contribution >= 4 is 11.3 Å². The number of pyridine rings is 2. The zero-order chi connectivity index (χ0) is 16.4. The van der Waals surface area contributed by atoms with Gasteiger partial charge in [0, 0.05) is 24.2 Å². The molecule has 122 valence electrons. The van der Waals surface area contributed by atoms with E-state index in [1.807, 2.05) is 31.6 Å². The third-order valence-electron chi connectivity index (χ3n) is 4.27. The topological polar surface area (TPSA) is 62.7 Å². The van der Waals surface area contributed by atoms with Crippen LogP contribution < -0.4 is 10.9 Å². The zero-order valence-corrected chi connectivity index (χ0v) is 14.3. The second-order valence-electron chi connectivity index (χ2n) is 5.85. The van der Waals surface area contributed by atoms with E-state index in [-0.39, 0.29) is 6.04 Å². The number of nitrogens with zero attached hydrogens (tertiary/aromatic N) is 3. The van der Waals surface area contributed by atoms with Crippen molar-refractivity contribution < 1.29 is 0 Å². The molecule has 4 rings (SSSR count). The van der Waals surface area contributed by atoms with Gasteiger partial charge in [0.25, 0.3) is 0 Å². The predicted molar refractivity (Wildman–Crippen MR) is 96.5 cm³/mol. The fourth-order valence-corrected chi connectivity index (χ4v) is 3.99. The van der Waals surface area contributed by atoms with Gasteiger partial charge in [-0.25, -0.2) is 15.4 Å². The second kappa shape index (κ2) is 6.76. The largest absolute Gasteiger partial charge is 0.264 e. The summed E-state index contributed by atoms with van der Waals surface area (Å²) in [6.45, 7) is 0. The summed E-state index contributed by atoms with van der Waals surface area (Å²) in [6, 6.07) is 8.56. The average Bonchev–Trinajstić information content (AvgIpc) is 3.13. The molecule has 0 saturated carbocycles. The Kier molecular flexibility index (Phi) is 4.34. The maximum absolute atomic E-state index is 4.94. The van der Waals surface area contributed by atoms with E-state index in [0.717, 1.165) is 39.7 Å². The minimum atomic E-state index is 0.268. The van der Waals surface area contributed by atoms with E-state index in [2.05, 4.69) is 33.0 Å². The molecule has 3 heterocycles. The van der Waals surface area contributed by atoms with Crippen molar-refractivity contribution in [2.75, 3.05) is 7.05 Å². The summed E-state index contributed by atoms with van der Waals surface area (Å²) in [6.07, 6.45) is 8.93. The summed E-state index contributed by atoms with van der Waals surface area (Å²) in [5, 5.41) is 0.975.